The molecule has 0 aromatic carbocycles. The van der Waals surface area contributed by atoms with Gasteiger partial charge in [0.1, 0.15) is 0 Å². The van der Waals surface area contributed by atoms with E-state index in [0.717, 1.165) is 14.5 Å². The average Bonchev–Trinajstić information content (AvgIpc) is 2.60. The summed E-state index contributed by atoms with van der Waals surface area (Å²) in [5, 5.41) is 0. The standard InChI is InChI=1S/C10H15Se.3CH3.Sn/c1-2-3-4-5-6-10-7-8-11-9-10;;;;/h7,9H,2-6H2,1H3;3*1H3;. The Bertz CT molecular complexity index is 283. The molecule has 0 atom stereocenters. The Hall–Kier alpha value is 0.798. The maximum atomic E-state index is 2.56. The zero-order valence-corrected chi connectivity index (χ0v) is 15.2. The third kappa shape index (κ3) is 5.10. The van der Waals surface area contributed by atoms with Gasteiger partial charge in [0.15, 0.2) is 0 Å². The third-order valence-electron chi connectivity index (χ3n) is 2.71. The second kappa shape index (κ2) is 6.51. The number of hydrogen-bond donors (Lipinski definition) is 0. The van der Waals surface area contributed by atoms with Crippen molar-refractivity contribution in [3.8, 4) is 0 Å². The fraction of sp³-hybridized carbons (Fsp3) is 0.692. The van der Waals surface area contributed by atoms with Crippen molar-refractivity contribution in [3.63, 3.8) is 0 Å². The summed E-state index contributed by atoms with van der Waals surface area (Å²) in [7, 11) is 0. The summed E-state index contributed by atoms with van der Waals surface area (Å²) < 4.78 is 1.88. The molecule has 0 aliphatic rings. The van der Waals surface area contributed by atoms with E-state index in [2.05, 4.69) is 32.7 Å². The maximum absolute atomic E-state index is 2.56. The van der Waals surface area contributed by atoms with Gasteiger partial charge in [-0.1, -0.05) is 0 Å². The molecule has 1 aromatic heterocycles. The van der Waals surface area contributed by atoms with E-state index < -0.39 is 18.4 Å². The van der Waals surface area contributed by atoms with E-state index in [9.17, 15) is 0 Å². The first-order valence-electron chi connectivity index (χ1n) is 6.12. The second-order valence-corrected chi connectivity index (χ2v) is 24.0. The summed E-state index contributed by atoms with van der Waals surface area (Å²) >= 11 is -0.957. The molecule has 0 saturated carbocycles. The van der Waals surface area contributed by atoms with E-state index in [1.807, 2.05) is 2.45 Å². The van der Waals surface area contributed by atoms with Crippen molar-refractivity contribution < 1.29 is 0 Å². The first-order valence-corrected chi connectivity index (χ1v) is 18.0. The zero-order chi connectivity index (χ0) is 11.3. The van der Waals surface area contributed by atoms with Gasteiger partial charge >= 0.3 is 106 Å². The van der Waals surface area contributed by atoms with Crippen LogP contribution < -0.4 is 2.45 Å². The summed E-state index contributed by atoms with van der Waals surface area (Å²) in [6.07, 6.45) is 6.92. The second-order valence-electron chi connectivity index (χ2n) is 5.38. The molecule has 1 aromatic rings. The molecule has 0 amide bonds. The van der Waals surface area contributed by atoms with Crippen molar-refractivity contribution in [2.45, 2.75) is 53.8 Å². The molecule has 0 N–H and O–H groups in total. The van der Waals surface area contributed by atoms with Crippen LogP contribution in [-0.2, 0) is 6.42 Å². The van der Waals surface area contributed by atoms with E-state index in [1.54, 1.807) is 5.56 Å². The quantitative estimate of drug-likeness (QED) is 0.526. The number of unbranched alkanes of at least 4 members (excludes halogenated alkanes) is 3. The van der Waals surface area contributed by atoms with Crippen molar-refractivity contribution in [2.24, 2.45) is 0 Å². The van der Waals surface area contributed by atoms with Gasteiger partial charge in [0.2, 0.25) is 0 Å². The van der Waals surface area contributed by atoms with Crippen molar-refractivity contribution in [3.05, 3.63) is 16.6 Å². The van der Waals surface area contributed by atoms with Gasteiger partial charge in [0.25, 0.3) is 0 Å². The van der Waals surface area contributed by atoms with Gasteiger partial charge in [0, 0.05) is 0 Å². The van der Waals surface area contributed by atoms with Crippen LogP contribution in [0.3, 0.4) is 0 Å². The summed E-state index contributed by atoms with van der Waals surface area (Å²) in [5.74, 6) is 0. The van der Waals surface area contributed by atoms with Crippen LogP contribution in [0.1, 0.15) is 38.2 Å². The fourth-order valence-electron chi connectivity index (χ4n) is 1.66. The SMILES string of the molecule is CCCCCCc1c[se][c]([Sn]([CH3])([CH3])[CH3])c1. The van der Waals surface area contributed by atoms with Crippen LogP contribution >= 0.6 is 0 Å². The third-order valence-corrected chi connectivity index (χ3v) is 19.4. The van der Waals surface area contributed by atoms with E-state index >= 15 is 0 Å². The molecule has 0 nitrogen and oxygen atoms in total. The molecule has 86 valence electrons. The van der Waals surface area contributed by atoms with Crippen LogP contribution in [-0.4, -0.2) is 32.9 Å². The Balaban J connectivity index is 2.40. The monoisotopic (exact) mass is 380 g/mol. The minimum absolute atomic E-state index is 0.731. The van der Waals surface area contributed by atoms with Crippen molar-refractivity contribution in [1.29, 1.82) is 0 Å². The molecular weight excluding hydrogens is 354 g/mol. The molecular formula is C13H24SeSn. The van der Waals surface area contributed by atoms with Gasteiger partial charge in [-0.3, -0.25) is 0 Å². The first-order chi connectivity index (χ1) is 7.04. The van der Waals surface area contributed by atoms with Crippen LogP contribution in [0.2, 0.25) is 14.8 Å². The van der Waals surface area contributed by atoms with Gasteiger partial charge in [-0.25, -0.2) is 0 Å². The molecule has 2 heteroatoms. The van der Waals surface area contributed by atoms with Crippen LogP contribution in [0.5, 0.6) is 0 Å². The van der Waals surface area contributed by atoms with Crippen molar-refractivity contribution in [2.75, 3.05) is 0 Å². The molecule has 0 aliphatic carbocycles. The Morgan fingerprint density at radius 3 is 2.40 bits per heavy atom. The molecule has 1 rings (SSSR count). The molecule has 0 spiro atoms. The van der Waals surface area contributed by atoms with Gasteiger partial charge in [0.05, 0.1) is 0 Å². The molecule has 0 radical (unpaired) electrons. The van der Waals surface area contributed by atoms with E-state index in [1.165, 1.54) is 32.1 Å². The molecule has 0 saturated heterocycles. The Morgan fingerprint density at radius 1 is 1.13 bits per heavy atom. The first kappa shape index (κ1) is 13.9. The topological polar surface area (TPSA) is 0 Å². The molecule has 0 bridgehead atoms. The Labute approximate surface area is 105 Å². The van der Waals surface area contributed by atoms with Gasteiger partial charge < -0.3 is 0 Å². The van der Waals surface area contributed by atoms with Crippen molar-refractivity contribution >= 4 is 35.3 Å². The van der Waals surface area contributed by atoms with Gasteiger partial charge in [-0.15, -0.1) is 0 Å². The van der Waals surface area contributed by atoms with Gasteiger partial charge in [-0.2, -0.15) is 0 Å². The van der Waals surface area contributed by atoms with Crippen LogP contribution in [0.15, 0.2) is 11.0 Å². The molecule has 1 heterocycles. The van der Waals surface area contributed by atoms with E-state index in [-0.39, 0.29) is 0 Å². The number of aryl methyl sites for hydroxylation is 1. The predicted molar refractivity (Wildman–Crippen MR) is 74.2 cm³/mol. The fourth-order valence-corrected chi connectivity index (χ4v) is 11.7. The minimum atomic E-state index is -1.69. The summed E-state index contributed by atoms with van der Waals surface area (Å²) in [6.45, 7) is 2.28. The normalized spacial score (nSPS) is 12.0. The van der Waals surface area contributed by atoms with Crippen LogP contribution in [0, 0.1) is 0 Å². The average molecular weight is 378 g/mol. The predicted octanol–water partition coefficient (Wildman–Crippen LogP) is 3.41. The Morgan fingerprint density at radius 2 is 1.87 bits per heavy atom. The Kier molecular flexibility index (Phi) is 6.02. The van der Waals surface area contributed by atoms with Crippen LogP contribution in [0.4, 0.5) is 0 Å². The summed E-state index contributed by atoms with van der Waals surface area (Å²) in [5.41, 5.74) is 1.66. The molecule has 15 heavy (non-hydrogen) atoms. The summed E-state index contributed by atoms with van der Waals surface area (Å²) in [6, 6.07) is 2.56. The number of rotatable bonds is 6. The molecule has 0 fully saturated rings. The van der Waals surface area contributed by atoms with Gasteiger partial charge in [-0.05, 0) is 0 Å². The zero-order valence-electron chi connectivity index (χ0n) is 10.6. The number of hydrogen-bond acceptors (Lipinski definition) is 0. The van der Waals surface area contributed by atoms with E-state index in [0.29, 0.717) is 0 Å². The van der Waals surface area contributed by atoms with Crippen LogP contribution in [0.25, 0.3) is 0 Å². The molecule has 0 aliphatic heterocycles. The molecule has 0 unspecified atom stereocenters. The van der Waals surface area contributed by atoms with E-state index in [4.69, 9.17) is 0 Å². The summed E-state index contributed by atoms with van der Waals surface area (Å²) in [4.78, 5) is 10.2. The van der Waals surface area contributed by atoms with Crippen molar-refractivity contribution in [1.82, 2.24) is 0 Å².